The number of halogens is 2. The topological polar surface area (TPSA) is 123 Å². The van der Waals surface area contributed by atoms with E-state index < -0.39 is 17.8 Å². The van der Waals surface area contributed by atoms with Crippen LogP contribution in [0.1, 0.15) is 29.8 Å². The fourth-order valence-corrected chi connectivity index (χ4v) is 5.19. The highest BCUT2D eigenvalue weighted by atomic mass is 35.5. The molecule has 170 valence electrons. The molecule has 1 aliphatic carbocycles. The van der Waals surface area contributed by atoms with Gasteiger partial charge in [0, 0.05) is 11.4 Å². The number of amides is 3. The van der Waals surface area contributed by atoms with Crippen molar-refractivity contribution in [2.45, 2.75) is 37.9 Å². The van der Waals surface area contributed by atoms with Gasteiger partial charge in [0.2, 0.25) is 11.8 Å². The molecule has 0 unspecified atom stereocenters. The Morgan fingerprint density at radius 1 is 1.21 bits per heavy atom. The number of anilines is 1. The minimum Gasteiger partial charge on any atom is -0.364 e. The first-order chi connectivity index (χ1) is 15.8. The average molecular weight is 471 g/mol. The first kappa shape index (κ1) is 21.3. The molecule has 3 atom stereocenters. The van der Waals surface area contributed by atoms with E-state index in [0.717, 1.165) is 19.3 Å². The van der Waals surface area contributed by atoms with E-state index in [1.807, 2.05) is 0 Å². The molecule has 3 heterocycles. The first-order valence-corrected chi connectivity index (χ1v) is 10.9. The van der Waals surface area contributed by atoms with E-state index in [2.05, 4.69) is 15.4 Å². The zero-order valence-corrected chi connectivity index (χ0v) is 18.1. The van der Waals surface area contributed by atoms with Gasteiger partial charge in [-0.3, -0.25) is 19.1 Å². The summed E-state index contributed by atoms with van der Waals surface area (Å²) in [4.78, 5) is 43.9. The van der Waals surface area contributed by atoms with Crippen molar-refractivity contribution in [3.63, 3.8) is 0 Å². The maximum absolute atomic E-state index is 13.9. The molecule has 3 aromatic rings. The predicted octanol–water partition coefficient (Wildman–Crippen LogP) is 2.34. The zero-order chi connectivity index (χ0) is 23.3. The monoisotopic (exact) mass is 470 g/mol. The number of nitrogens with two attached hydrogens (primary N) is 1. The summed E-state index contributed by atoms with van der Waals surface area (Å²) in [5.74, 6) is -1.64. The van der Waals surface area contributed by atoms with Crippen molar-refractivity contribution < 1.29 is 18.8 Å². The molecule has 2 fully saturated rings. The number of primary amides is 1. The van der Waals surface area contributed by atoms with E-state index in [0.29, 0.717) is 11.2 Å². The standard InChI is InChI=1S/C22H20ClFN6O3/c23-16-2-1-3-17(26-16)27-22(33)20-11-4-6-13(8-11)30(20)18(31)10-29-15-9-12(24)5-7-14(15)19(28-29)21(25)32/h1-3,5,7,9,11,13,20H,4,6,8,10H2,(H2,25,32)(H,26,27,33)/t11-,13+,20-/m0/s1. The third kappa shape index (κ3) is 3.80. The van der Waals surface area contributed by atoms with Crippen molar-refractivity contribution in [3.8, 4) is 0 Å². The summed E-state index contributed by atoms with van der Waals surface area (Å²) >= 11 is 5.91. The van der Waals surface area contributed by atoms with Crippen LogP contribution >= 0.6 is 11.6 Å². The molecular formula is C22H20ClFN6O3. The average Bonchev–Trinajstić information content (AvgIpc) is 3.47. The number of carbonyl (C=O) groups is 3. The van der Waals surface area contributed by atoms with Gasteiger partial charge >= 0.3 is 0 Å². The van der Waals surface area contributed by atoms with Crippen LogP contribution in [0.25, 0.3) is 10.9 Å². The van der Waals surface area contributed by atoms with Crippen LogP contribution in [-0.2, 0) is 16.1 Å². The minimum absolute atomic E-state index is 0.0334. The van der Waals surface area contributed by atoms with Gasteiger partial charge in [-0.2, -0.15) is 5.10 Å². The molecule has 11 heteroatoms. The molecule has 1 aliphatic heterocycles. The van der Waals surface area contributed by atoms with Crippen LogP contribution in [0.15, 0.2) is 36.4 Å². The van der Waals surface area contributed by atoms with Crippen LogP contribution in [-0.4, -0.2) is 49.5 Å². The van der Waals surface area contributed by atoms with Gasteiger partial charge in [-0.25, -0.2) is 9.37 Å². The number of aromatic nitrogens is 3. The number of hydrogen-bond donors (Lipinski definition) is 2. The van der Waals surface area contributed by atoms with Crippen LogP contribution < -0.4 is 11.1 Å². The highest BCUT2D eigenvalue weighted by Gasteiger charge is 2.51. The lowest BCUT2D eigenvalue weighted by Gasteiger charge is -2.34. The summed E-state index contributed by atoms with van der Waals surface area (Å²) in [6, 6.07) is 7.98. The van der Waals surface area contributed by atoms with Gasteiger partial charge in [-0.05, 0) is 55.5 Å². The van der Waals surface area contributed by atoms with Crippen LogP contribution in [0.4, 0.5) is 10.2 Å². The number of rotatable bonds is 5. The van der Waals surface area contributed by atoms with Crippen molar-refractivity contribution in [1.82, 2.24) is 19.7 Å². The highest BCUT2D eigenvalue weighted by molar-refractivity contribution is 6.29. The van der Waals surface area contributed by atoms with E-state index >= 15 is 0 Å². The van der Waals surface area contributed by atoms with Gasteiger partial charge in [0.05, 0.1) is 5.52 Å². The number of fused-ring (bicyclic) bond motifs is 3. The molecule has 1 aromatic carbocycles. The number of hydrogen-bond acceptors (Lipinski definition) is 5. The van der Waals surface area contributed by atoms with Crippen molar-refractivity contribution >= 4 is 46.0 Å². The fourth-order valence-electron chi connectivity index (χ4n) is 5.02. The lowest BCUT2D eigenvalue weighted by Crippen LogP contribution is -2.52. The molecular weight excluding hydrogens is 451 g/mol. The smallest absolute Gasteiger partial charge is 0.269 e. The van der Waals surface area contributed by atoms with Gasteiger partial charge in [0.1, 0.15) is 29.4 Å². The Morgan fingerprint density at radius 2 is 2.03 bits per heavy atom. The minimum atomic E-state index is -0.774. The van der Waals surface area contributed by atoms with Crippen LogP contribution in [0.2, 0.25) is 5.15 Å². The SMILES string of the molecule is NC(=O)c1nn(CC(=O)N2[C@@H]3CC[C@@H](C3)[C@H]2C(=O)Nc2cccc(Cl)n2)c2cc(F)ccc12. The number of carbonyl (C=O) groups excluding carboxylic acids is 3. The second kappa shape index (κ2) is 8.11. The first-order valence-electron chi connectivity index (χ1n) is 10.5. The number of piperidine rings is 1. The Kier molecular flexibility index (Phi) is 5.24. The van der Waals surface area contributed by atoms with E-state index in [4.69, 9.17) is 17.3 Å². The van der Waals surface area contributed by atoms with Crippen molar-refractivity contribution in [1.29, 1.82) is 0 Å². The quantitative estimate of drug-likeness (QED) is 0.554. The van der Waals surface area contributed by atoms with Crippen molar-refractivity contribution in [2.24, 2.45) is 11.7 Å². The normalized spacial score (nSPS) is 21.5. The fraction of sp³-hybridized carbons (Fsp3) is 0.318. The second-order valence-electron chi connectivity index (χ2n) is 8.34. The lowest BCUT2D eigenvalue weighted by molar-refractivity contribution is -0.141. The third-order valence-electron chi connectivity index (χ3n) is 6.34. The molecule has 2 aliphatic rings. The molecule has 9 nitrogen and oxygen atoms in total. The molecule has 1 saturated heterocycles. The summed E-state index contributed by atoms with van der Waals surface area (Å²) in [5.41, 5.74) is 5.65. The van der Waals surface area contributed by atoms with Gasteiger partial charge in [0.15, 0.2) is 5.69 Å². The lowest BCUT2D eigenvalue weighted by atomic mass is 9.97. The van der Waals surface area contributed by atoms with Gasteiger partial charge < -0.3 is 16.0 Å². The molecule has 3 amide bonds. The number of pyridine rings is 1. The molecule has 0 radical (unpaired) electrons. The van der Waals surface area contributed by atoms with E-state index in [1.165, 1.54) is 22.9 Å². The van der Waals surface area contributed by atoms with E-state index in [1.54, 1.807) is 23.1 Å². The van der Waals surface area contributed by atoms with Crippen molar-refractivity contribution in [3.05, 3.63) is 53.1 Å². The van der Waals surface area contributed by atoms with Gasteiger partial charge in [-0.15, -0.1) is 0 Å². The summed E-state index contributed by atoms with van der Waals surface area (Å²) < 4.78 is 15.1. The molecule has 2 aromatic heterocycles. The van der Waals surface area contributed by atoms with Crippen LogP contribution in [0.3, 0.4) is 0 Å². The number of benzene rings is 1. The number of nitrogens with one attached hydrogen (secondary N) is 1. The zero-order valence-electron chi connectivity index (χ0n) is 17.4. The maximum Gasteiger partial charge on any atom is 0.269 e. The van der Waals surface area contributed by atoms with Gasteiger partial charge in [-0.1, -0.05) is 17.7 Å². The Morgan fingerprint density at radius 3 is 2.79 bits per heavy atom. The van der Waals surface area contributed by atoms with Gasteiger partial charge in [0.25, 0.3) is 5.91 Å². The third-order valence-corrected chi connectivity index (χ3v) is 6.55. The summed E-state index contributed by atoms with van der Waals surface area (Å²) in [6.07, 6.45) is 2.38. The predicted molar refractivity (Wildman–Crippen MR) is 118 cm³/mol. The molecule has 2 bridgehead atoms. The van der Waals surface area contributed by atoms with Crippen LogP contribution in [0.5, 0.6) is 0 Å². The maximum atomic E-state index is 13.9. The largest absolute Gasteiger partial charge is 0.364 e. The highest BCUT2D eigenvalue weighted by Crippen LogP contribution is 2.43. The van der Waals surface area contributed by atoms with E-state index in [-0.39, 0.29) is 46.7 Å². The molecule has 3 N–H and O–H groups in total. The Hall–Kier alpha value is -3.53. The van der Waals surface area contributed by atoms with Crippen LogP contribution in [0, 0.1) is 11.7 Å². The summed E-state index contributed by atoms with van der Waals surface area (Å²) in [6.45, 7) is -0.254. The molecule has 0 spiro atoms. The molecule has 1 saturated carbocycles. The Bertz CT molecular complexity index is 1290. The number of likely N-dealkylation sites (tertiary alicyclic amines) is 1. The second-order valence-corrected chi connectivity index (χ2v) is 8.73. The number of nitrogens with zero attached hydrogens (tertiary/aromatic N) is 4. The van der Waals surface area contributed by atoms with Crippen molar-refractivity contribution in [2.75, 3.05) is 5.32 Å². The Balaban J connectivity index is 1.42. The summed E-state index contributed by atoms with van der Waals surface area (Å²) in [5, 5.41) is 7.52. The van der Waals surface area contributed by atoms with E-state index in [9.17, 15) is 18.8 Å². The molecule has 5 rings (SSSR count). The Labute approximate surface area is 192 Å². The molecule has 33 heavy (non-hydrogen) atoms. The summed E-state index contributed by atoms with van der Waals surface area (Å²) in [7, 11) is 0.